The molecule has 0 spiro atoms. The van der Waals surface area contributed by atoms with Gasteiger partial charge in [0.05, 0.1) is 17.6 Å². The Kier molecular flexibility index (Phi) is 3.93. The van der Waals surface area contributed by atoms with Crippen LogP contribution in [-0.4, -0.2) is 31.1 Å². The number of aliphatic hydroxyl groups excluding tert-OH is 1. The van der Waals surface area contributed by atoms with Gasteiger partial charge in [-0.05, 0) is 19.3 Å². The van der Waals surface area contributed by atoms with E-state index in [-0.39, 0.29) is 11.9 Å². The molecule has 0 amide bonds. The molecular formula is C9H16O3S. The molecule has 1 aliphatic rings. The molecule has 13 heavy (non-hydrogen) atoms. The Hall–Kier alpha value is -0.350. The highest BCUT2D eigenvalue weighted by molar-refractivity contribution is 7.92. The molecule has 1 unspecified atom stereocenters. The fourth-order valence-electron chi connectivity index (χ4n) is 1.61. The molecule has 1 saturated heterocycles. The number of aliphatic hydroxyl groups is 1. The van der Waals surface area contributed by atoms with Gasteiger partial charge in [-0.3, -0.25) is 0 Å². The summed E-state index contributed by atoms with van der Waals surface area (Å²) in [5.74, 6) is 0.338. The second kappa shape index (κ2) is 4.77. The van der Waals surface area contributed by atoms with E-state index in [9.17, 15) is 8.42 Å². The average molecular weight is 204 g/mol. The minimum Gasteiger partial charge on any atom is -0.392 e. The first kappa shape index (κ1) is 10.7. The van der Waals surface area contributed by atoms with Gasteiger partial charge in [-0.1, -0.05) is 18.6 Å². The van der Waals surface area contributed by atoms with Gasteiger partial charge in [-0.2, -0.15) is 0 Å². The van der Waals surface area contributed by atoms with Crippen LogP contribution in [0.4, 0.5) is 0 Å². The number of hydrogen-bond acceptors (Lipinski definition) is 3. The van der Waals surface area contributed by atoms with Gasteiger partial charge in [0.25, 0.3) is 0 Å². The highest BCUT2D eigenvalue weighted by atomic mass is 32.2. The maximum Gasteiger partial charge on any atom is 0.153 e. The lowest BCUT2D eigenvalue weighted by molar-refractivity contribution is 0.342. The van der Waals surface area contributed by atoms with Crippen LogP contribution >= 0.6 is 0 Å². The Morgan fingerprint density at radius 2 is 2.08 bits per heavy atom. The summed E-state index contributed by atoms with van der Waals surface area (Å²) in [6, 6.07) is 0. The molecule has 0 aromatic carbocycles. The molecule has 0 aromatic heterocycles. The predicted octanol–water partition coefficient (Wildman–Crippen LogP) is 0.892. The van der Waals surface area contributed by atoms with Crippen molar-refractivity contribution in [1.29, 1.82) is 0 Å². The van der Waals surface area contributed by atoms with Crippen molar-refractivity contribution in [2.45, 2.75) is 30.9 Å². The lowest BCUT2D eigenvalue weighted by Gasteiger charge is -2.20. The number of sulfone groups is 1. The van der Waals surface area contributed by atoms with Crippen LogP contribution in [0.2, 0.25) is 0 Å². The fourth-order valence-corrected chi connectivity index (χ4v) is 3.48. The highest BCUT2D eigenvalue weighted by Crippen LogP contribution is 2.22. The lowest BCUT2D eigenvalue weighted by atomic mass is 10.1. The molecule has 1 heterocycles. The molecule has 0 radical (unpaired) electrons. The number of allylic oxidation sites excluding steroid dienone is 1. The Balaban J connectivity index is 2.52. The first-order valence-electron chi connectivity index (χ1n) is 4.64. The highest BCUT2D eigenvalue weighted by Gasteiger charge is 2.27. The predicted molar refractivity (Wildman–Crippen MR) is 52.3 cm³/mol. The van der Waals surface area contributed by atoms with E-state index in [1.807, 2.05) is 0 Å². The van der Waals surface area contributed by atoms with E-state index in [0.29, 0.717) is 12.2 Å². The normalized spacial score (nSPS) is 27.9. The molecule has 1 N–H and O–H groups in total. The summed E-state index contributed by atoms with van der Waals surface area (Å²) in [6.07, 6.45) is 6.51. The second-order valence-electron chi connectivity index (χ2n) is 3.37. The summed E-state index contributed by atoms with van der Waals surface area (Å²) in [5.41, 5.74) is 0. The van der Waals surface area contributed by atoms with Crippen LogP contribution in [0.25, 0.3) is 0 Å². The zero-order chi connectivity index (χ0) is 9.73. The van der Waals surface area contributed by atoms with Crippen LogP contribution in [0.1, 0.15) is 25.7 Å². The van der Waals surface area contributed by atoms with E-state index in [2.05, 4.69) is 0 Å². The van der Waals surface area contributed by atoms with Crippen LogP contribution in [-0.2, 0) is 9.84 Å². The zero-order valence-corrected chi connectivity index (χ0v) is 8.46. The van der Waals surface area contributed by atoms with E-state index in [1.165, 1.54) is 0 Å². The third-order valence-electron chi connectivity index (χ3n) is 2.38. The maximum atomic E-state index is 11.5. The fraction of sp³-hybridized carbons (Fsp3) is 0.778. The van der Waals surface area contributed by atoms with Gasteiger partial charge < -0.3 is 5.11 Å². The van der Waals surface area contributed by atoms with Crippen LogP contribution in [0, 0.1) is 0 Å². The summed E-state index contributed by atoms with van der Waals surface area (Å²) < 4.78 is 23.0. The Morgan fingerprint density at radius 1 is 1.31 bits per heavy atom. The smallest absolute Gasteiger partial charge is 0.153 e. The summed E-state index contributed by atoms with van der Waals surface area (Å²) in [6.45, 7) is -0.00717. The first-order chi connectivity index (χ1) is 6.17. The van der Waals surface area contributed by atoms with E-state index in [1.54, 1.807) is 12.2 Å². The van der Waals surface area contributed by atoms with Crippen molar-refractivity contribution in [2.75, 3.05) is 12.4 Å². The third-order valence-corrected chi connectivity index (χ3v) is 4.69. The molecular weight excluding hydrogens is 188 g/mol. The molecule has 1 rings (SSSR count). The Labute approximate surface area is 79.4 Å². The SMILES string of the molecule is O=S1(=O)CCCCC1C/C=C\CO. The minimum atomic E-state index is -2.84. The quantitative estimate of drug-likeness (QED) is 0.695. The van der Waals surface area contributed by atoms with Gasteiger partial charge in [0.1, 0.15) is 0 Å². The number of hydrogen-bond donors (Lipinski definition) is 1. The molecule has 1 fully saturated rings. The van der Waals surface area contributed by atoms with Crippen LogP contribution < -0.4 is 0 Å². The molecule has 0 bridgehead atoms. The van der Waals surface area contributed by atoms with E-state index in [4.69, 9.17) is 5.11 Å². The number of rotatable bonds is 3. The average Bonchev–Trinajstić information content (AvgIpc) is 2.08. The summed E-state index contributed by atoms with van der Waals surface area (Å²) in [7, 11) is -2.84. The van der Waals surface area contributed by atoms with Crippen molar-refractivity contribution in [3.63, 3.8) is 0 Å². The van der Waals surface area contributed by atoms with Gasteiger partial charge in [0.15, 0.2) is 9.84 Å². The molecule has 4 heteroatoms. The Bertz CT molecular complexity index is 267. The van der Waals surface area contributed by atoms with Gasteiger partial charge in [-0.15, -0.1) is 0 Å². The molecule has 76 valence electrons. The molecule has 1 atom stereocenters. The molecule has 0 aliphatic carbocycles. The van der Waals surface area contributed by atoms with Crippen molar-refractivity contribution in [1.82, 2.24) is 0 Å². The van der Waals surface area contributed by atoms with Gasteiger partial charge >= 0.3 is 0 Å². The summed E-state index contributed by atoms with van der Waals surface area (Å²) in [5, 5.41) is 8.28. The minimum absolute atomic E-state index is 0.00717. The third kappa shape index (κ3) is 3.12. The van der Waals surface area contributed by atoms with Crippen molar-refractivity contribution in [3.8, 4) is 0 Å². The molecule has 0 aromatic rings. The van der Waals surface area contributed by atoms with Gasteiger partial charge in [0, 0.05) is 0 Å². The first-order valence-corrected chi connectivity index (χ1v) is 6.36. The standard InChI is InChI=1S/C9H16O3S/c10-7-3-1-5-9-6-2-4-8-13(9,11)12/h1,3,9-10H,2,4-8H2/b3-1-. The largest absolute Gasteiger partial charge is 0.392 e. The molecule has 3 nitrogen and oxygen atoms in total. The molecule has 1 aliphatic heterocycles. The molecule has 0 saturated carbocycles. The van der Waals surface area contributed by atoms with Crippen molar-refractivity contribution >= 4 is 9.84 Å². The van der Waals surface area contributed by atoms with E-state index < -0.39 is 9.84 Å². The Morgan fingerprint density at radius 3 is 2.69 bits per heavy atom. The monoisotopic (exact) mass is 204 g/mol. The van der Waals surface area contributed by atoms with Gasteiger partial charge in [0.2, 0.25) is 0 Å². The van der Waals surface area contributed by atoms with E-state index >= 15 is 0 Å². The van der Waals surface area contributed by atoms with Crippen LogP contribution in [0.15, 0.2) is 12.2 Å². The van der Waals surface area contributed by atoms with Crippen molar-refractivity contribution < 1.29 is 13.5 Å². The van der Waals surface area contributed by atoms with Crippen LogP contribution in [0.3, 0.4) is 0 Å². The van der Waals surface area contributed by atoms with Crippen molar-refractivity contribution in [3.05, 3.63) is 12.2 Å². The topological polar surface area (TPSA) is 54.4 Å². The van der Waals surface area contributed by atoms with Crippen LogP contribution in [0.5, 0.6) is 0 Å². The lowest BCUT2D eigenvalue weighted by Crippen LogP contribution is -2.27. The summed E-state index contributed by atoms with van der Waals surface area (Å²) >= 11 is 0. The van der Waals surface area contributed by atoms with Gasteiger partial charge in [-0.25, -0.2) is 8.42 Å². The summed E-state index contributed by atoms with van der Waals surface area (Å²) in [4.78, 5) is 0. The van der Waals surface area contributed by atoms with Crippen molar-refractivity contribution in [2.24, 2.45) is 0 Å². The second-order valence-corrected chi connectivity index (χ2v) is 5.78. The van der Waals surface area contributed by atoms with E-state index in [0.717, 1.165) is 19.3 Å². The zero-order valence-electron chi connectivity index (χ0n) is 7.65. The maximum absolute atomic E-state index is 11.5.